The van der Waals surface area contributed by atoms with Crippen LogP contribution in [0.25, 0.3) is 0 Å². The van der Waals surface area contributed by atoms with E-state index in [9.17, 15) is 8.42 Å². The van der Waals surface area contributed by atoms with E-state index < -0.39 is 10.0 Å². The van der Waals surface area contributed by atoms with Gasteiger partial charge in [0.05, 0.1) is 17.0 Å². The van der Waals surface area contributed by atoms with E-state index in [1.165, 1.54) is 11.3 Å². The molecule has 1 aromatic rings. The molecule has 0 aromatic carbocycles. The zero-order valence-corrected chi connectivity index (χ0v) is 14.4. The molecule has 0 atom stereocenters. The van der Waals surface area contributed by atoms with Crippen molar-refractivity contribution in [1.29, 1.82) is 0 Å². The van der Waals surface area contributed by atoms with Crippen molar-refractivity contribution in [2.75, 3.05) is 33.5 Å². The minimum atomic E-state index is -3.50. The number of methoxy groups -OCH3 is 1. The fourth-order valence-electron chi connectivity index (χ4n) is 1.38. The molecule has 0 amide bonds. The second-order valence-electron chi connectivity index (χ2n) is 3.91. The molecule has 0 radical (unpaired) electrons. The first-order valence-corrected chi connectivity index (χ1v) is 9.15. The third-order valence-electron chi connectivity index (χ3n) is 2.39. The fraction of sp³-hybridized carbons (Fsp3) is 0.636. The Kier molecular flexibility index (Phi) is 8.18. The lowest BCUT2D eigenvalue weighted by molar-refractivity contribution is 0.0699. The molecule has 0 saturated carbocycles. The number of rotatable bonds is 10. The minimum Gasteiger partial charge on any atom is -0.382 e. The summed E-state index contributed by atoms with van der Waals surface area (Å²) < 4.78 is 37.4. The van der Waals surface area contributed by atoms with Crippen LogP contribution >= 0.6 is 27.3 Å². The highest BCUT2D eigenvalue weighted by Crippen LogP contribution is 2.31. The molecule has 0 bridgehead atoms. The van der Waals surface area contributed by atoms with Crippen LogP contribution in [-0.4, -0.2) is 41.9 Å². The van der Waals surface area contributed by atoms with Gasteiger partial charge in [-0.05, 0) is 28.4 Å². The second kappa shape index (κ2) is 9.08. The smallest absolute Gasteiger partial charge is 0.242 e. The van der Waals surface area contributed by atoms with Gasteiger partial charge in [-0.15, -0.1) is 11.3 Å². The lowest BCUT2D eigenvalue weighted by Crippen LogP contribution is -2.25. The van der Waals surface area contributed by atoms with Gasteiger partial charge in [0.1, 0.15) is 4.90 Å². The minimum absolute atomic E-state index is 0.239. The molecule has 0 spiro atoms. The molecule has 0 aliphatic heterocycles. The summed E-state index contributed by atoms with van der Waals surface area (Å²) in [6.45, 7) is 2.20. The first-order valence-electron chi connectivity index (χ1n) is 6.06. The summed E-state index contributed by atoms with van der Waals surface area (Å²) in [6.07, 6.45) is 0.606. The van der Waals surface area contributed by atoms with Gasteiger partial charge in [0, 0.05) is 31.7 Å². The van der Waals surface area contributed by atoms with Crippen molar-refractivity contribution in [1.82, 2.24) is 4.72 Å². The number of ether oxygens (including phenoxy) is 2. The summed E-state index contributed by atoms with van der Waals surface area (Å²) in [6, 6.07) is 1.59. The highest BCUT2D eigenvalue weighted by Gasteiger charge is 2.19. The standard InChI is InChI=1S/C11H19BrN2O4S2/c1-17-5-6-18-4-2-3-14-20(15,16)10-7-9(8-13)19-11(10)12/h7,14H,2-6,8,13H2,1H3. The predicted octanol–water partition coefficient (Wildman–Crippen LogP) is 1.30. The Morgan fingerprint density at radius 2 is 2.15 bits per heavy atom. The zero-order chi connectivity index (χ0) is 15.0. The molecule has 0 saturated heterocycles. The summed E-state index contributed by atoms with van der Waals surface area (Å²) >= 11 is 4.58. The molecule has 6 nitrogen and oxygen atoms in total. The van der Waals surface area contributed by atoms with E-state index in [1.807, 2.05) is 0 Å². The van der Waals surface area contributed by atoms with Gasteiger partial charge in [-0.25, -0.2) is 13.1 Å². The summed E-state index contributed by atoms with van der Waals surface area (Å²) in [5.41, 5.74) is 5.50. The number of thiophene rings is 1. The van der Waals surface area contributed by atoms with Crippen molar-refractivity contribution >= 4 is 37.3 Å². The third kappa shape index (κ3) is 5.76. The Morgan fingerprint density at radius 3 is 2.75 bits per heavy atom. The SMILES string of the molecule is COCCOCCCNS(=O)(=O)c1cc(CN)sc1Br. The summed E-state index contributed by atoms with van der Waals surface area (Å²) in [5, 5.41) is 0. The molecule has 1 rings (SSSR count). The molecule has 9 heteroatoms. The van der Waals surface area contributed by atoms with Crippen LogP contribution in [0.2, 0.25) is 0 Å². The number of halogens is 1. The third-order valence-corrected chi connectivity index (χ3v) is 6.12. The molecule has 1 heterocycles. The van der Waals surface area contributed by atoms with Gasteiger partial charge in [-0.2, -0.15) is 0 Å². The van der Waals surface area contributed by atoms with Crippen molar-refractivity contribution in [3.63, 3.8) is 0 Å². The van der Waals surface area contributed by atoms with Crippen LogP contribution in [-0.2, 0) is 26.0 Å². The number of nitrogens with one attached hydrogen (secondary N) is 1. The van der Waals surface area contributed by atoms with Crippen molar-refractivity contribution < 1.29 is 17.9 Å². The quantitative estimate of drug-likeness (QED) is 0.591. The van der Waals surface area contributed by atoms with Crippen molar-refractivity contribution in [3.8, 4) is 0 Å². The number of hydrogen-bond donors (Lipinski definition) is 2. The number of hydrogen-bond acceptors (Lipinski definition) is 6. The zero-order valence-electron chi connectivity index (χ0n) is 11.2. The maximum atomic E-state index is 12.1. The Morgan fingerprint density at radius 1 is 1.40 bits per heavy atom. The van der Waals surface area contributed by atoms with Crippen molar-refractivity contribution in [3.05, 3.63) is 14.7 Å². The van der Waals surface area contributed by atoms with E-state index in [0.717, 1.165) is 4.88 Å². The summed E-state index contributed by atoms with van der Waals surface area (Å²) in [4.78, 5) is 1.06. The fourth-order valence-corrected chi connectivity index (χ4v) is 5.02. The highest BCUT2D eigenvalue weighted by molar-refractivity contribution is 9.11. The molecule has 0 fully saturated rings. The summed E-state index contributed by atoms with van der Waals surface area (Å²) in [7, 11) is -1.90. The van der Waals surface area contributed by atoms with Gasteiger partial charge >= 0.3 is 0 Å². The van der Waals surface area contributed by atoms with Crippen LogP contribution in [0.5, 0.6) is 0 Å². The second-order valence-corrected chi connectivity index (χ2v) is 8.10. The van der Waals surface area contributed by atoms with Crippen LogP contribution < -0.4 is 10.5 Å². The lowest BCUT2D eigenvalue weighted by atomic mass is 10.5. The van der Waals surface area contributed by atoms with Gasteiger partial charge in [-0.1, -0.05) is 0 Å². The maximum absolute atomic E-state index is 12.1. The molecule has 20 heavy (non-hydrogen) atoms. The van der Waals surface area contributed by atoms with Crippen LogP contribution in [0.4, 0.5) is 0 Å². The van der Waals surface area contributed by atoms with Crippen LogP contribution in [0.1, 0.15) is 11.3 Å². The van der Waals surface area contributed by atoms with Gasteiger partial charge in [0.25, 0.3) is 0 Å². The molecule has 3 N–H and O–H groups in total. The van der Waals surface area contributed by atoms with Gasteiger partial charge in [-0.3, -0.25) is 0 Å². The Hall–Kier alpha value is -0.0300. The maximum Gasteiger partial charge on any atom is 0.242 e. The molecule has 0 unspecified atom stereocenters. The van der Waals surface area contributed by atoms with Crippen molar-refractivity contribution in [2.24, 2.45) is 5.73 Å². The van der Waals surface area contributed by atoms with Crippen molar-refractivity contribution in [2.45, 2.75) is 17.9 Å². The molecular formula is C11H19BrN2O4S2. The van der Waals surface area contributed by atoms with Gasteiger partial charge in [0.15, 0.2) is 0 Å². The predicted molar refractivity (Wildman–Crippen MR) is 82.4 cm³/mol. The Bertz CT molecular complexity index is 505. The largest absolute Gasteiger partial charge is 0.382 e. The molecule has 0 aliphatic carbocycles. The molecule has 116 valence electrons. The van der Waals surface area contributed by atoms with Gasteiger partial charge in [0.2, 0.25) is 10.0 Å². The van der Waals surface area contributed by atoms with E-state index >= 15 is 0 Å². The van der Waals surface area contributed by atoms with E-state index in [2.05, 4.69) is 20.7 Å². The molecule has 0 aliphatic rings. The van der Waals surface area contributed by atoms with E-state index in [-0.39, 0.29) is 4.90 Å². The van der Waals surface area contributed by atoms with E-state index in [0.29, 0.717) is 43.1 Å². The monoisotopic (exact) mass is 386 g/mol. The molecular weight excluding hydrogens is 368 g/mol. The normalized spacial score (nSPS) is 11.9. The average Bonchev–Trinajstić information content (AvgIpc) is 2.80. The highest BCUT2D eigenvalue weighted by atomic mass is 79.9. The Balaban J connectivity index is 2.40. The first-order chi connectivity index (χ1) is 9.51. The lowest BCUT2D eigenvalue weighted by Gasteiger charge is -2.06. The van der Waals surface area contributed by atoms with E-state index in [4.69, 9.17) is 15.2 Å². The summed E-state index contributed by atoms with van der Waals surface area (Å²) in [5.74, 6) is 0. The topological polar surface area (TPSA) is 90.6 Å². The average molecular weight is 387 g/mol. The van der Waals surface area contributed by atoms with E-state index in [1.54, 1.807) is 13.2 Å². The van der Waals surface area contributed by atoms with Gasteiger partial charge < -0.3 is 15.2 Å². The molecule has 1 aromatic heterocycles. The number of sulfonamides is 1. The van der Waals surface area contributed by atoms with Crippen LogP contribution in [0, 0.1) is 0 Å². The first kappa shape index (κ1) is 18.0. The number of nitrogens with two attached hydrogens (primary N) is 1. The van der Waals surface area contributed by atoms with Crippen LogP contribution in [0.15, 0.2) is 14.7 Å². The Labute approximate surface area is 131 Å². The van der Waals surface area contributed by atoms with Crippen LogP contribution in [0.3, 0.4) is 0 Å².